The maximum Gasteiger partial charge on any atom is 0.268 e. The maximum absolute atomic E-state index is 11.4. The van der Waals surface area contributed by atoms with Crippen LogP contribution in [-0.2, 0) is 0 Å². The summed E-state index contributed by atoms with van der Waals surface area (Å²) in [4.78, 5) is 17.9. The molecular formula is C12H17BrN2O2. The molecule has 1 fully saturated rings. The lowest BCUT2D eigenvalue weighted by Crippen LogP contribution is -2.26. The molecule has 0 radical (unpaired) electrons. The van der Waals surface area contributed by atoms with Crippen molar-refractivity contribution in [2.45, 2.75) is 45.1 Å². The van der Waals surface area contributed by atoms with Crippen LogP contribution in [-0.4, -0.2) is 16.1 Å². The van der Waals surface area contributed by atoms with Gasteiger partial charge in [0.1, 0.15) is 10.6 Å². The minimum Gasteiger partial charge on any atom is -0.473 e. The van der Waals surface area contributed by atoms with Crippen molar-refractivity contribution in [2.75, 3.05) is 0 Å². The van der Waals surface area contributed by atoms with Gasteiger partial charge >= 0.3 is 0 Å². The summed E-state index contributed by atoms with van der Waals surface area (Å²) < 4.78 is 6.21. The van der Waals surface area contributed by atoms with Gasteiger partial charge in [-0.3, -0.25) is 4.79 Å². The summed E-state index contributed by atoms with van der Waals surface area (Å²) in [5, 5.41) is 0. The van der Waals surface area contributed by atoms with Gasteiger partial charge in [0.2, 0.25) is 5.88 Å². The zero-order valence-corrected chi connectivity index (χ0v) is 11.5. The van der Waals surface area contributed by atoms with Crippen LogP contribution in [0.5, 0.6) is 5.88 Å². The molecule has 0 bridgehead atoms. The fourth-order valence-electron chi connectivity index (χ4n) is 2.33. The number of rotatable bonds is 3. The van der Waals surface area contributed by atoms with Gasteiger partial charge in [-0.15, -0.1) is 0 Å². The lowest BCUT2D eigenvalue weighted by molar-refractivity contribution is 0.116. The van der Waals surface area contributed by atoms with Crippen molar-refractivity contribution in [2.24, 2.45) is 5.92 Å². The largest absolute Gasteiger partial charge is 0.473 e. The van der Waals surface area contributed by atoms with Crippen molar-refractivity contribution >= 4 is 15.9 Å². The summed E-state index contributed by atoms with van der Waals surface area (Å²) in [5.41, 5.74) is -0.196. The molecule has 2 atom stereocenters. The van der Waals surface area contributed by atoms with Crippen molar-refractivity contribution in [1.82, 2.24) is 9.97 Å². The molecule has 1 aliphatic rings. The second-order valence-electron chi connectivity index (χ2n) is 4.53. The van der Waals surface area contributed by atoms with Gasteiger partial charge in [-0.05, 0) is 41.1 Å². The maximum atomic E-state index is 11.4. The zero-order valence-electron chi connectivity index (χ0n) is 9.91. The van der Waals surface area contributed by atoms with Gasteiger partial charge < -0.3 is 9.72 Å². The van der Waals surface area contributed by atoms with Gasteiger partial charge in [0.05, 0.1) is 6.33 Å². The summed E-state index contributed by atoms with van der Waals surface area (Å²) in [6.07, 6.45) is 7.38. The second-order valence-corrected chi connectivity index (χ2v) is 5.32. The molecule has 1 aliphatic carbocycles. The van der Waals surface area contributed by atoms with E-state index in [0.29, 0.717) is 10.4 Å². The summed E-state index contributed by atoms with van der Waals surface area (Å²) in [5.74, 6) is 1.16. The number of nitrogens with one attached hydrogen (secondary N) is 1. The fraction of sp³-hybridized carbons (Fsp3) is 0.667. The van der Waals surface area contributed by atoms with E-state index in [1.165, 1.54) is 25.6 Å². The van der Waals surface area contributed by atoms with Crippen LogP contribution < -0.4 is 10.3 Å². The topological polar surface area (TPSA) is 55.0 Å². The minimum absolute atomic E-state index is 0.194. The van der Waals surface area contributed by atoms with E-state index >= 15 is 0 Å². The number of hydrogen-bond acceptors (Lipinski definition) is 3. The van der Waals surface area contributed by atoms with Gasteiger partial charge in [-0.25, -0.2) is 4.98 Å². The van der Waals surface area contributed by atoms with Crippen LogP contribution in [0.3, 0.4) is 0 Å². The molecule has 1 saturated carbocycles. The Bertz CT molecular complexity index is 433. The van der Waals surface area contributed by atoms with Gasteiger partial charge in [0, 0.05) is 0 Å². The SMILES string of the molecule is CCC1CCCC(Oc2nc[nH]c(=O)c2Br)C1. The number of hydrogen-bond donors (Lipinski definition) is 1. The molecule has 2 rings (SSSR count). The smallest absolute Gasteiger partial charge is 0.268 e. The molecule has 1 heterocycles. The molecule has 94 valence electrons. The van der Waals surface area contributed by atoms with Crippen LogP contribution in [0, 0.1) is 5.92 Å². The van der Waals surface area contributed by atoms with E-state index in [2.05, 4.69) is 32.8 Å². The Morgan fingerprint density at radius 3 is 3.18 bits per heavy atom. The zero-order chi connectivity index (χ0) is 12.3. The first kappa shape index (κ1) is 12.6. The fourth-order valence-corrected chi connectivity index (χ4v) is 2.64. The average Bonchev–Trinajstić information content (AvgIpc) is 2.35. The summed E-state index contributed by atoms with van der Waals surface area (Å²) in [6, 6.07) is 0. The highest BCUT2D eigenvalue weighted by Gasteiger charge is 2.23. The molecule has 1 N–H and O–H groups in total. The number of aromatic amines is 1. The van der Waals surface area contributed by atoms with Gasteiger partial charge in [0.25, 0.3) is 5.56 Å². The summed E-state index contributed by atoms with van der Waals surface area (Å²) in [7, 11) is 0. The normalized spacial score (nSPS) is 24.6. The van der Waals surface area contributed by atoms with Crippen molar-refractivity contribution in [1.29, 1.82) is 0 Å². The Hall–Kier alpha value is -0.840. The standard InChI is InChI=1S/C12H17BrN2O2/c1-2-8-4-3-5-9(6-8)17-12-10(13)11(16)14-7-15-12/h7-9H,2-6H2,1H3,(H,14,15,16). The van der Waals surface area contributed by atoms with Crippen LogP contribution in [0.25, 0.3) is 0 Å². The van der Waals surface area contributed by atoms with E-state index in [1.807, 2.05) is 0 Å². The Morgan fingerprint density at radius 1 is 1.59 bits per heavy atom. The molecular weight excluding hydrogens is 284 g/mol. The Kier molecular flexibility index (Phi) is 4.20. The van der Waals surface area contributed by atoms with Crippen molar-refractivity contribution < 1.29 is 4.74 Å². The summed E-state index contributed by atoms with van der Waals surface area (Å²) >= 11 is 3.21. The summed E-state index contributed by atoms with van der Waals surface area (Å²) in [6.45, 7) is 2.22. The van der Waals surface area contributed by atoms with E-state index < -0.39 is 0 Å². The van der Waals surface area contributed by atoms with E-state index in [1.54, 1.807) is 0 Å². The second kappa shape index (κ2) is 5.67. The highest BCUT2D eigenvalue weighted by molar-refractivity contribution is 9.10. The third-order valence-corrected chi connectivity index (χ3v) is 4.05. The Balaban J connectivity index is 2.05. The molecule has 0 saturated heterocycles. The first-order valence-electron chi connectivity index (χ1n) is 6.10. The molecule has 1 aromatic heterocycles. The number of ether oxygens (including phenoxy) is 1. The first-order chi connectivity index (χ1) is 8.20. The lowest BCUT2D eigenvalue weighted by atomic mass is 9.85. The third kappa shape index (κ3) is 3.09. The van der Waals surface area contributed by atoms with Crippen molar-refractivity contribution in [3.63, 3.8) is 0 Å². The monoisotopic (exact) mass is 300 g/mol. The van der Waals surface area contributed by atoms with Crippen LogP contribution in [0.1, 0.15) is 39.0 Å². The highest BCUT2D eigenvalue weighted by atomic mass is 79.9. The quantitative estimate of drug-likeness (QED) is 0.934. The molecule has 0 spiro atoms. The molecule has 0 aliphatic heterocycles. The lowest BCUT2D eigenvalue weighted by Gasteiger charge is -2.28. The number of H-pyrrole nitrogens is 1. The van der Waals surface area contributed by atoms with Crippen LogP contribution in [0.2, 0.25) is 0 Å². The molecule has 4 nitrogen and oxygen atoms in total. The number of aromatic nitrogens is 2. The van der Waals surface area contributed by atoms with Gasteiger partial charge in [0.15, 0.2) is 0 Å². The van der Waals surface area contributed by atoms with Crippen molar-refractivity contribution in [3.05, 3.63) is 21.2 Å². The van der Waals surface area contributed by atoms with Crippen LogP contribution in [0.4, 0.5) is 0 Å². The highest BCUT2D eigenvalue weighted by Crippen LogP contribution is 2.30. The number of halogens is 1. The van der Waals surface area contributed by atoms with Crippen LogP contribution in [0.15, 0.2) is 15.6 Å². The van der Waals surface area contributed by atoms with Gasteiger partial charge in [-0.1, -0.05) is 19.8 Å². The van der Waals surface area contributed by atoms with E-state index in [9.17, 15) is 4.79 Å². The Morgan fingerprint density at radius 2 is 2.41 bits per heavy atom. The molecule has 1 aromatic rings. The van der Waals surface area contributed by atoms with E-state index in [4.69, 9.17) is 4.74 Å². The predicted octanol–water partition coefficient (Wildman–Crippen LogP) is 2.88. The van der Waals surface area contributed by atoms with E-state index in [0.717, 1.165) is 18.8 Å². The number of nitrogens with zero attached hydrogens (tertiary/aromatic N) is 1. The molecule has 0 amide bonds. The van der Waals surface area contributed by atoms with E-state index in [-0.39, 0.29) is 11.7 Å². The first-order valence-corrected chi connectivity index (χ1v) is 6.89. The third-order valence-electron chi connectivity index (χ3n) is 3.35. The molecule has 17 heavy (non-hydrogen) atoms. The minimum atomic E-state index is -0.196. The van der Waals surface area contributed by atoms with Gasteiger partial charge in [-0.2, -0.15) is 0 Å². The van der Waals surface area contributed by atoms with Crippen LogP contribution >= 0.6 is 15.9 Å². The molecule has 5 heteroatoms. The van der Waals surface area contributed by atoms with Crippen molar-refractivity contribution in [3.8, 4) is 5.88 Å². The predicted molar refractivity (Wildman–Crippen MR) is 69.2 cm³/mol. The Labute approximate surface area is 109 Å². The molecule has 2 unspecified atom stereocenters. The average molecular weight is 301 g/mol. The molecule has 0 aromatic carbocycles.